The number of para-hydroxylation sites is 2. The van der Waals surface area contributed by atoms with E-state index in [0.717, 1.165) is 83.6 Å². The minimum Gasteiger partial charge on any atom is -0.469 e. The molecule has 1 aliphatic rings. The number of hydrogen-bond acceptors (Lipinski definition) is 5. The molecule has 0 aliphatic carbocycles. The van der Waals surface area contributed by atoms with Crippen LogP contribution in [-0.4, -0.2) is 7.28 Å². The number of nitrogens with one attached hydrogen (secondary N) is 1. The van der Waals surface area contributed by atoms with Crippen LogP contribution in [-0.2, 0) is 10.8 Å². The molecule has 3 aromatic heterocycles. The highest BCUT2D eigenvalue weighted by Gasteiger charge is 2.36. The summed E-state index contributed by atoms with van der Waals surface area (Å²) in [6.07, 6.45) is 0. The number of thiophene rings is 1. The van der Waals surface area contributed by atoms with Crippen LogP contribution >= 0.6 is 11.3 Å². The Labute approximate surface area is 378 Å². The van der Waals surface area contributed by atoms with Gasteiger partial charge in [-0.15, -0.1) is 11.3 Å². The molecule has 0 radical (unpaired) electrons. The van der Waals surface area contributed by atoms with Crippen LogP contribution in [0.5, 0.6) is 0 Å². The third kappa shape index (κ3) is 6.18. The summed E-state index contributed by atoms with van der Waals surface area (Å²) in [5, 5.41) is 9.71. The smallest absolute Gasteiger partial charge is 0.245 e. The molecule has 0 fully saturated rings. The highest BCUT2D eigenvalue weighted by molar-refractivity contribution is 7.25. The Morgan fingerprint density at radius 3 is 1.92 bits per heavy atom. The van der Waals surface area contributed by atoms with Crippen molar-refractivity contribution in [3.05, 3.63) is 175 Å². The second-order valence-corrected chi connectivity index (χ2v) is 20.5. The maximum Gasteiger partial charge on any atom is 0.245 e. The predicted octanol–water partition coefficient (Wildman–Crippen LogP) is 15.5. The van der Waals surface area contributed by atoms with Gasteiger partial charge in [-0.05, 0) is 99.7 Å². The molecule has 1 aliphatic heterocycles. The van der Waals surface area contributed by atoms with Crippen molar-refractivity contribution in [1.82, 2.24) is 0 Å². The number of hydrogen-bond donors (Lipinski definition) is 1. The average Bonchev–Trinajstić information content (AvgIpc) is 3.98. The van der Waals surface area contributed by atoms with Gasteiger partial charge in [-0.2, -0.15) is 0 Å². The summed E-state index contributed by atoms with van der Waals surface area (Å²) in [6, 6.07) is 59.7. The fourth-order valence-corrected chi connectivity index (χ4v) is 11.0. The molecule has 0 unspecified atom stereocenters. The van der Waals surface area contributed by atoms with Gasteiger partial charge >= 0.3 is 0 Å². The predicted molar refractivity (Wildman–Crippen MR) is 275 cm³/mol. The molecule has 0 saturated heterocycles. The Hall–Kier alpha value is -7.02. The minimum atomic E-state index is -0.0495. The normalized spacial score (nSPS) is 12.9. The van der Waals surface area contributed by atoms with Crippen LogP contribution in [0.2, 0.25) is 0 Å². The minimum absolute atomic E-state index is 0.0447. The van der Waals surface area contributed by atoms with E-state index in [1.54, 1.807) is 0 Å². The van der Waals surface area contributed by atoms with E-state index in [4.69, 9.17) is 8.83 Å². The Bertz CT molecular complexity index is 3640. The zero-order valence-corrected chi connectivity index (χ0v) is 37.8. The molecular formula is C58H47BN2O2S. The van der Waals surface area contributed by atoms with Crippen molar-refractivity contribution in [1.29, 1.82) is 0 Å². The quantitative estimate of drug-likeness (QED) is 0.175. The fraction of sp³-hybridized carbons (Fsp3) is 0.138. The van der Waals surface area contributed by atoms with Gasteiger partial charge in [-0.1, -0.05) is 139 Å². The lowest BCUT2D eigenvalue weighted by Gasteiger charge is -2.35. The first-order valence-corrected chi connectivity index (χ1v) is 23.1. The fourth-order valence-electron chi connectivity index (χ4n) is 9.86. The lowest BCUT2D eigenvalue weighted by molar-refractivity contribution is 0.590. The zero-order valence-electron chi connectivity index (χ0n) is 37.0. The molecule has 6 heteroatoms. The molecule has 0 amide bonds. The second kappa shape index (κ2) is 14.3. The standard InChI is InChI=1S/C58H47BN2O2S/c1-57(2,3)35-24-27-37(28-25-35)60-45-31-42-39-19-12-15-23-50(39)64-51(42)33-44(45)52-53-47(32-43-38-18-10-13-21-48(38)62-55(43)52)61(54-40-20-11-14-22-49(40)63-56(54)59-53)46-29-26-36(58(4,5)6)30-41(46)34-16-8-7-9-17-34/h7-33,59-60H,1-6H3. The van der Waals surface area contributed by atoms with Gasteiger partial charge in [-0.3, -0.25) is 0 Å². The summed E-state index contributed by atoms with van der Waals surface area (Å²) in [5.74, 6) is 0. The lowest BCUT2D eigenvalue weighted by atomic mass is 9.61. The summed E-state index contributed by atoms with van der Waals surface area (Å²) in [6.45, 7) is 13.7. The van der Waals surface area contributed by atoms with E-state index in [2.05, 4.69) is 216 Å². The van der Waals surface area contributed by atoms with E-state index in [-0.39, 0.29) is 10.8 Å². The Kier molecular flexibility index (Phi) is 8.60. The van der Waals surface area contributed by atoms with Gasteiger partial charge in [0.15, 0.2) is 0 Å². The molecule has 12 rings (SSSR count). The van der Waals surface area contributed by atoms with E-state index >= 15 is 0 Å². The van der Waals surface area contributed by atoms with Crippen LogP contribution in [0, 0.1) is 0 Å². The van der Waals surface area contributed by atoms with E-state index in [1.165, 1.54) is 42.4 Å². The van der Waals surface area contributed by atoms with Crippen molar-refractivity contribution in [3.63, 3.8) is 0 Å². The second-order valence-electron chi connectivity index (χ2n) is 19.4. The topological polar surface area (TPSA) is 41.6 Å². The van der Waals surface area contributed by atoms with Crippen LogP contribution in [0.15, 0.2) is 173 Å². The zero-order chi connectivity index (χ0) is 43.5. The molecule has 4 nitrogen and oxygen atoms in total. The first-order valence-electron chi connectivity index (χ1n) is 22.3. The summed E-state index contributed by atoms with van der Waals surface area (Å²) < 4.78 is 16.6. The molecule has 8 aromatic carbocycles. The third-order valence-corrected chi connectivity index (χ3v) is 14.3. The molecule has 0 saturated carbocycles. The summed E-state index contributed by atoms with van der Waals surface area (Å²) in [7, 11) is 0.586. The van der Waals surface area contributed by atoms with Crippen LogP contribution in [0.25, 0.3) is 75.3 Å². The first-order chi connectivity index (χ1) is 31.0. The highest BCUT2D eigenvalue weighted by Crippen LogP contribution is 2.50. The maximum absolute atomic E-state index is 7.09. The lowest BCUT2D eigenvalue weighted by Crippen LogP contribution is -2.40. The molecule has 64 heavy (non-hydrogen) atoms. The number of fused-ring (bicyclic) bond motifs is 10. The van der Waals surface area contributed by atoms with Crippen molar-refractivity contribution in [3.8, 4) is 22.3 Å². The van der Waals surface area contributed by atoms with E-state index < -0.39 is 0 Å². The number of anilines is 5. The molecule has 0 spiro atoms. The van der Waals surface area contributed by atoms with Crippen LogP contribution in [0.4, 0.5) is 28.4 Å². The molecule has 4 heterocycles. The monoisotopic (exact) mass is 846 g/mol. The average molecular weight is 847 g/mol. The van der Waals surface area contributed by atoms with Gasteiger partial charge in [0.2, 0.25) is 7.28 Å². The molecule has 1 N–H and O–H groups in total. The molecule has 0 atom stereocenters. The van der Waals surface area contributed by atoms with Crippen LogP contribution in [0.3, 0.4) is 0 Å². The molecular weight excluding hydrogens is 800 g/mol. The Morgan fingerprint density at radius 1 is 0.516 bits per heavy atom. The number of rotatable bonds is 5. The van der Waals surface area contributed by atoms with Crippen molar-refractivity contribution >= 4 is 111 Å². The van der Waals surface area contributed by atoms with Gasteiger partial charge in [0.05, 0.1) is 17.0 Å². The van der Waals surface area contributed by atoms with Crippen LogP contribution in [0.1, 0.15) is 52.7 Å². The largest absolute Gasteiger partial charge is 0.469 e. The molecule has 310 valence electrons. The number of furan rings is 2. The van der Waals surface area contributed by atoms with E-state index in [9.17, 15) is 0 Å². The summed E-state index contributed by atoms with van der Waals surface area (Å²) in [5.41, 5.74) is 17.1. The Morgan fingerprint density at radius 2 is 1.17 bits per heavy atom. The number of nitrogens with zero attached hydrogens (tertiary/aromatic N) is 1. The van der Waals surface area contributed by atoms with Crippen molar-refractivity contribution in [2.24, 2.45) is 0 Å². The van der Waals surface area contributed by atoms with Gasteiger partial charge in [0, 0.05) is 70.1 Å². The molecule has 0 bridgehead atoms. The first kappa shape index (κ1) is 38.6. The van der Waals surface area contributed by atoms with Gasteiger partial charge in [0.25, 0.3) is 0 Å². The third-order valence-electron chi connectivity index (χ3n) is 13.2. The van der Waals surface area contributed by atoms with E-state index in [1.807, 2.05) is 11.3 Å². The van der Waals surface area contributed by atoms with Gasteiger partial charge in [-0.25, -0.2) is 0 Å². The van der Waals surface area contributed by atoms with Gasteiger partial charge in [0.1, 0.15) is 16.7 Å². The van der Waals surface area contributed by atoms with Crippen LogP contribution < -0.4 is 21.3 Å². The molecule has 11 aromatic rings. The maximum atomic E-state index is 7.09. The SMILES string of the molecule is CC(C)(C)c1ccc(Nc2cc3c(cc2-c2c4c(cc5c2oc2ccccc25)N(c2ccc(C(C)(C)C)cc2-c2ccccc2)c2c(oc5ccccc25)B4)sc2ccccc23)cc1. The van der Waals surface area contributed by atoms with Gasteiger partial charge < -0.3 is 19.1 Å². The van der Waals surface area contributed by atoms with Crippen molar-refractivity contribution in [2.45, 2.75) is 52.4 Å². The summed E-state index contributed by atoms with van der Waals surface area (Å²) in [4.78, 5) is 2.50. The Balaban J connectivity index is 1.20. The van der Waals surface area contributed by atoms with Crippen molar-refractivity contribution in [2.75, 3.05) is 10.2 Å². The van der Waals surface area contributed by atoms with Crippen molar-refractivity contribution < 1.29 is 8.83 Å². The number of benzene rings is 8. The summed E-state index contributed by atoms with van der Waals surface area (Å²) >= 11 is 1.84. The van der Waals surface area contributed by atoms with E-state index in [0.29, 0.717) is 7.28 Å². The highest BCUT2D eigenvalue weighted by atomic mass is 32.1.